The molecule has 4 bridgehead atoms. The summed E-state index contributed by atoms with van der Waals surface area (Å²) in [7, 11) is 0. The number of hydrogen-bond acceptors (Lipinski definition) is 3. The van der Waals surface area contributed by atoms with Crippen LogP contribution in [0.25, 0.3) is 0 Å². The van der Waals surface area contributed by atoms with E-state index in [4.69, 9.17) is 5.73 Å². The molecule has 4 saturated carbocycles. The van der Waals surface area contributed by atoms with E-state index in [1.165, 1.54) is 19.3 Å². The Balaban J connectivity index is 1.22. The highest BCUT2D eigenvalue weighted by molar-refractivity contribution is 5.92. The van der Waals surface area contributed by atoms with Gasteiger partial charge in [0.1, 0.15) is 0 Å². The summed E-state index contributed by atoms with van der Waals surface area (Å²) in [4.78, 5) is 36.2. The molecule has 0 unspecified atom stereocenters. The summed E-state index contributed by atoms with van der Waals surface area (Å²) < 4.78 is 0. The fourth-order valence-corrected chi connectivity index (χ4v) is 6.03. The molecule has 0 spiro atoms. The molecule has 1 aromatic rings. The predicted molar refractivity (Wildman–Crippen MR) is 105 cm³/mol. The molecule has 1 aromatic carbocycles. The van der Waals surface area contributed by atoms with E-state index in [-0.39, 0.29) is 23.8 Å². The maximum absolute atomic E-state index is 12.9. The van der Waals surface area contributed by atoms with Crippen LogP contribution in [-0.2, 0) is 16.0 Å². The van der Waals surface area contributed by atoms with Crippen molar-refractivity contribution in [1.82, 2.24) is 10.6 Å². The number of rotatable bonds is 7. The molecular weight excluding hydrogens is 354 g/mol. The van der Waals surface area contributed by atoms with Crippen molar-refractivity contribution >= 4 is 17.7 Å². The van der Waals surface area contributed by atoms with Crippen LogP contribution in [0.15, 0.2) is 24.3 Å². The van der Waals surface area contributed by atoms with E-state index >= 15 is 0 Å². The fraction of sp³-hybridized carbons (Fsp3) is 0.591. The monoisotopic (exact) mass is 383 g/mol. The maximum atomic E-state index is 12.9. The van der Waals surface area contributed by atoms with Crippen LogP contribution in [0, 0.1) is 23.2 Å². The van der Waals surface area contributed by atoms with E-state index in [0.29, 0.717) is 36.3 Å². The first kappa shape index (κ1) is 19.0. The number of nitrogens with one attached hydrogen (secondary N) is 2. The lowest BCUT2D eigenvalue weighted by molar-refractivity contribution is -0.147. The van der Waals surface area contributed by atoms with Crippen LogP contribution in [-0.4, -0.2) is 30.8 Å². The molecule has 5 rings (SSSR count). The minimum absolute atomic E-state index is 0.0297. The average Bonchev–Trinajstić information content (AvgIpc) is 2.65. The largest absolute Gasteiger partial charge is 0.366 e. The highest BCUT2D eigenvalue weighted by Gasteiger charge is 2.54. The van der Waals surface area contributed by atoms with Gasteiger partial charge in [-0.2, -0.15) is 0 Å². The SMILES string of the molecule is NC(=O)c1cccc(CCNC(=O)CNC(=O)C23CC4CC(CC(C4)C2)C3)c1. The summed E-state index contributed by atoms with van der Waals surface area (Å²) in [6.45, 7) is 0.482. The summed E-state index contributed by atoms with van der Waals surface area (Å²) >= 11 is 0. The normalized spacial score (nSPS) is 30.1. The van der Waals surface area contributed by atoms with Crippen LogP contribution in [0.5, 0.6) is 0 Å². The molecule has 0 saturated heterocycles. The van der Waals surface area contributed by atoms with Gasteiger partial charge in [0.2, 0.25) is 17.7 Å². The summed E-state index contributed by atoms with van der Waals surface area (Å²) in [5, 5.41) is 5.74. The average molecular weight is 383 g/mol. The molecule has 150 valence electrons. The van der Waals surface area contributed by atoms with Gasteiger partial charge >= 0.3 is 0 Å². The topological polar surface area (TPSA) is 101 Å². The number of nitrogens with two attached hydrogens (primary N) is 1. The smallest absolute Gasteiger partial charge is 0.248 e. The van der Waals surface area contributed by atoms with Crippen molar-refractivity contribution in [1.29, 1.82) is 0 Å². The standard InChI is InChI=1S/C22H29N3O3/c23-20(27)18-3-1-2-14(9-18)4-5-24-19(26)13-25-21(28)22-10-15-6-16(11-22)8-17(7-15)12-22/h1-3,9,15-17H,4-8,10-13H2,(H2,23,27)(H,24,26)(H,25,28). The lowest BCUT2D eigenvalue weighted by Crippen LogP contribution is -2.54. The van der Waals surface area contributed by atoms with Gasteiger partial charge in [-0.1, -0.05) is 12.1 Å². The maximum Gasteiger partial charge on any atom is 0.248 e. The molecule has 0 aromatic heterocycles. The van der Waals surface area contributed by atoms with E-state index in [2.05, 4.69) is 10.6 Å². The first-order valence-electron chi connectivity index (χ1n) is 10.4. The predicted octanol–water partition coefficient (Wildman–Crippen LogP) is 1.78. The van der Waals surface area contributed by atoms with E-state index in [1.807, 2.05) is 6.07 Å². The third-order valence-corrected chi connectivity index (χ3v) is 6.88. The molecule has 4 fully saturated rings. The number of hydrogen-bond donors (Lipinski definition) is 3. The minimum atomic E-state index is -0.460. The Bertz CT molecular complexity index is 754. The van der Waals surface area contributed by atoms with Gasteiger partial charge in [0.05, 0.1) is 6.54 Å². The fourth-order valence-electron chi connectivity index (χ4n) is 6.03. The summed E-state index contributed by atoms with van der Waals surface area (Å²) in [5.74, 6) is 1.57. The zero-order valence-electron chi connectivity index (χ0n) is 16.2. The van der Waals surface area contributed by atoms with Gasteiger partial charge in [0.15, 0.2) is 0 Å². The van der Waals surface area contributed by atoms with Crippen molar-refractivity contribution in [2.45, 2.75) is 44.9 Å². The first-order chi connectivity index (χ1) is 13.4. The lowest BCUT2D eigenvalue weighted by Gasteiger charge is -2.55. The van der Waals surface area contributed by atoms with Gasteiger partial charge in [-0.3, -0.25) is 14.4 Å². The molecule has 4 aliphatic carbocycles. The molecule has 28 heavy (non-hydrogen) atoms. The Morgan fingerprint density at radius 1 is 1.00 bits per heavy atom. The third kappa shape index (κ3) is 3.91. The molecule has 4 aliphatic rings. The highest BCUT2D eigenvalue weighted by Crippen LogP contribution is 2.60. The van der Waals surface area contributed by atoms with Crippen molar-refractivity contribution in [3.63, 3.8) is 0 Å². The molecule has 0 radical (unpaired) electrons. The molecule has 0 atom stereocenters. The van der Waals surface area contributed by atoms with Crippen LogP contribution >= 0.6 is 0 Å². The number of benzene rings is 1. The number of amides is 3. The second-order valence-electron chi connectivity index (χ2n) is 9.05. The molecule has 0 aliphatic heterocycles. The zero-order valence-corrected chi connectivity index (χ0v) is 16.2. The van der Waals surface area contributed by atoms with E-state index in [9.17, 15) is 14.4 Å². The summed E-state index contributed by atoms with van der Waals surface area (Å²) in [5.41, 5.74) is 6.47. The third-order valence-electron chi connectivity index (χ3n) is 6.88. The number of primary amides is 1. The Kier molecular flexibility index (Phi) is 5.13. The van der Waals surface area contributed by atoms with Crippen molar-refractivity contribution in [3.8, 4) is 0 Å². The quantitative estimate of drug-likeness (QED) is 0.669. The molecule has 6 heteroatoms. The molecule has 6 nitrogen and oxygen atoms in total. The molecule has 4 N–H and O–H groups in total. The Labute approximate surface area is 165 Å². The van der Waals surface area contributed by atoms with Crippen LogP contribution < -0.4 is 16.4 Å². The minimum Gasteiger partial charge on any atom is -0.366 e. The van der Waals surface area contributed by atoms with Crippen LogP contribution in [0.2, 0.25) is 0 Å². The number of carbonyl (C=O) groups is 3. The van der Waals surface area contributed by atoms with Gasteiger partial charge in [0.25, 0.3) is 0 Å². The second kappa shape index (κ2) is 7.57. The first-order valence-corrected chi connectivity index (χ1v) is 10.4. The van der Waals surface area contributed by atoms with Gasteiger partial charge in [-0.15, -0.1) is 0 Å². The van der Waals surface area contributed by atoms with Crippen LogP contribution in [0.4, 0.5) is 0 Å². The summed E-state index contributed by atoms with van der Waals surface area (Å²) in [6.07, 6.45) is 7.50. The van der Waals surface area contributed by atoms with Crippen molar-refractivity contribution in [3.05, 3.63) is 35.4 Å². The van der Waals surface area contributed by atoms with Gasteiger partial charge in [0, 0.05) is 17.5 Å². The molecular formula is C22H29N3O3. The highest BCUT2D eigenvalue weighted by atomic mass is 16.2. The Morgan fingerprint density at radius 3 is 2.25 bits per heavy atom. The van der Waals surface area contributed by atoms with Crippen LogP contribution in [0.3, 0.4) is 0 Å². The zero-order chi connectivity index (χ0) is 19.7. The van der Waals surface area contributed by atoms with E-state index in [1.54, 1.807) is 18.2 Å². The van der Waals surface area contributed by atoms with Crippen LogP contribution in [0.1, 0.15) is 54.4 Å². The van der Waals surface area contributed by atoms with E-state index in [0.717, 1.165) is 24.8 Å². The van der Waals surface area contributed by atoms with Crippen molar-refractivity contribution in [2.75, 3.05) is 13.1 Å². The Morgan fingerprint density at radius 2 is 1.64 bits per heavy atom. The van der Waals surface area contributed by atoms with Crippen molar-refractivity contribution < 1.29 is 14.4 Å². The van der Waals surface area contributed by atoms with E-state index < -0.39 is 5.91 Å². The molecule has 0 heterocycles. The Hall–Kier alpha value is -2.37. The number of carbonyl (C=O) groups excluding carboxylic acids is 3. The van der Waals surface area contributed by atoms with Crippen molar-refractivity contribution in [2.24, 2.45) is 28.9 Å². The van der Waals surface area contributed by atoms with Gasteiger partial charge in [-0.05, 0) is 80.4 Å². The molecule has 3 amide bonds. The van der Waals surface area contributed by atoms with Gasteiger partial charge < -0.3 is 16.4 Å². The summed E-state index contributed by atoms with van der Waals surface area (Å²) in [6, 6.07) is 7.09. The lowest BCUT2D eigenvalue weighted by atomic mass is 9.49. The van der Waals surface area contributed by atoms with Gasteiger partial charge in [-0.25, -0.2) is 0 Å². The second-order valence-corrected chi connectivity index (χ2v) is 9.05.